The zero-order chi connectivity index (χ0) is 38.8. The highest BCUT2D eigenvalue weighted by molar-refractivity contribution is 7.98. The Kier molecular flexibility index (Phi) is 11.3. The van der Waals surface area contributed by atoms with Gasteiger partial charge < -0.3 is 24.6 Å². The SMILES string of the molecule is COc1ccc(CSc2cc(OCCCC3c4ccccc4N(C)C3(C(=O)O)c3c(CSCc4nc(C)c(CO)s4)nn4c3CCC4)c3ccccc3c2)cc1. The summed E-state index contributed by atoms with van der Waals surface area (Å²) in [7, 11) is 3.62. The number of ether oxygens (including phenoxy) is 2. The van der Waals surface area contributed by atoms with Crippen LogP contribution in [0.15, 0.2) is 89.8 Å². The van der Waals surface area contributed by atoms with Crippen molar-refractivity contribution in [1.82, 2.24) is 14.8 Å². The number of aliphatic hydroxyl groups is 1. The van der Waals surface area contributed by atoms with Crippen LogP contribution in [0, 0.1) is 6.92 Å². The maximum atomic E-state index is 14.1. The Hall–Kier alpha value is -4.49. The van der Waals surface area contributed by atoms with Gasteiger partial charge in [0.05, 0.1) is 36.6 Å². The van der Waals surface area contributed by atoms with Crippen molar-refractivity contribution >= 4 is 57.3 Å². The van der Waals surface area contributed by atoms with Crippen molar-refractivity contribution < 1.29 is 24.5 Å². The molecule has 4 heterocycles. The minimum atomic E-state index is -1.33. The number of nitrogens with zero attached hydrogens (tertiary/aromatic N) is 4. The first kappa shape index (κ1) is 38.4. The van der Waals surface area contributed by atoms with Gasteiger partial charge in [0.15, 0.2) is 5.54 Å². The number of aryl methyl sites for hydroxylation is 2. The van der Waals surface area contributed by atoms with Crippen LogP contribution in [-0.4, -0.2) is 51.7 Å². The Bertz CT molecular complexity index is 2360. The standard InChI is InChI=1S/C44H46N4O5S3/c1-28-40(24-49)56-41(45-28)27-54-26-36-42(38-15-8-20-48(38)46-36)44(43(50)51)35(34-12-6-7-14-37(34)47(44)2)13-9-21-53-39-23-32(22-30-10-4-5-11-33(30)39)55-25-29-16-18-31(52-3)19-17-29/h4-7,10-12,14,16-19,22-23,35,49H,8-9,13,15,20-21,24-27H2,1-3H3,(H,50,51). The smallest absolute Gasteiger partial charge is 0.335 e. The Morgan fingerprint density at radius 2 is 1.84 bits per heavy atom. The van der Waals surface area contributed by atoms with E-state index in [0.29, 0.717) is 31.0 Å². The van der Waals surface area contributed by atoms with E-state index in [1.165, 1.54) is 16.9 Å². The average molecular weight is 807 g/mol. The van der Waals surface area contributed by atoms with Gasteiger partial charge in [0.25, 0.3) is 0 Å². The van der Waals surface area contributed by atoms with Crippen molar-refractivity contribution in [2.75, 3.05) is 25.7 Å². The van der Waals surface area contributed by atoms with Crippen molar-refractivity contribution in [2.45, 2.75) is 79.4 Å². The number of aliphatic hydroxyl groups excluding tert-OH is 1. The second-order valence-corrected chi connectivity index (χ2v) is 17.6. The molecule has 2 unspecified atom stereocenters. The predicted octanol–water partition coefficient (Wildman–Crippen LogP) is 9.35. The summed E-state index contributed by atoms with van der Waals surface area (Å²) < 4.78 is 14.0. The third-order valence-corrected chi connectivity index (χ3v) is 14.5. The number of fused-ring (bicyclic) bond motifs is 3. The zero-order valence-electron chi connectivity index (χ0n) is 31.9. The van der Waals surface area contributed by atoms with Crippen molar-refractivity contribution in [3.63, 3.8) is 0 Å². The van der Waals surface area contributed by atoms with Gasteiger partial charge in [-0.15, -0.1) is 34.9 Å². The molecule has 2 aromatic heterocycles. The molecule has 8 rings (SSSR count). The van der Waals surface area contributed by atoms with E-state index in [-0.39, 0.29) is 12.5 Å². The minimum Gasteiger partial charge on any atom is -0.497 e. The number of carboxylic acids is 1. The van der Waals surface area contributed by atoms with Gasteiger partial charge in [-0.05, 0) is 79.5 Å². The highest BCUT2D eigenvalue weighted by Gasteiger charge is 2.59. The van der Waals surface area contributed by atoms with E-state index in [1.54, 1.807) is 30.6 Å². The molecule has 0 radical (unpaired) electrons. The molecule has 6 aromatic rings. The summed E-state index contributed by atoms with van der Waals surface area (Å²) in [6.07, 6.45) is 3.04. The van der Waals surface area contributed by atoms with Crippen LogP contribution in [0.2, 0.25) is 0 Å². The first-order valence-corrected chi connectivity index (χ1v) is 22.0. The van der Waals surface area contributed by atoms with E-state index in [1.807, 2.05) is 55.3 Å². The van der Waals surface area contributed by atoms with Crippen LogP contribution in [0.25, 0.3) is 10.8 Å². The number of para-hydroxylation sites is 1. The van der Waals surface area contributed by atoms with Crippen molar-refractivity contribution in [3.8, 4) is 11.5 Å². The number of carbonyl (C=O) groups is 1. The molecule has 290 valence electrons. The molecule has 0 saturated carbocycles. The first-order valence-electron chi connectivity index (χ1n) is 19.0. The molecule has 0 spiro atoms. The molecule has 0 aliphatic carbocycles. The normalized spacial score (nSPS) is 17.4. The Balaban J connectivity index is 1.05. The number of anilines is 1. The molecule has 2 aliphatic heterocycles. The first-order chi connectivity index (χ1) is 27.3. The number of hydrogen-bond acceptors (Lipinski definition) is 10. The molecule has 0 fully saturated rings. The molecule has 0 bridgehead atoms. The van der Waals surface area contributed by atoms with Crippen molar-refractivity contribution in [3.05, 3.63) is 129 Å². The van der Waals surface area contributed by atoms with E-state index in [2.05, 4.69) is 58.2 Å². The third-order valence-electron chi connectivity index (χ3n) is 11.1. The lowest BCUT2D eigenvalue weighted by Crippen LogP contribution is -2.52. The maximum Gasteiger partial charge on any atom is 0.335 e. The number of rotatable bonds is 16. The van der Waals surface area contributed by atoms with Gasteiger partial charge in [-0.25, -0.2) is 9.78 Å². The van der Waals surface area contributed by atoms with E-state index in [9.17, 15) is 15.0 Å². The van der Waals surface area contributed by atoms with Crippen LogP contribution in [0.3, 0.4) is 0 Å². The van der Waals surface area contributed by atoms with Crippen LogP contribution in [0.4, 0.5) is 5.69 Å². The number of likely N-dealkylation sites (N-methyl/N-ethyl adjacent to an activating group) is 1. The average Bonchev–Trinajstić information content (AvgIpc) is 3.97. The lowest BCUT2D eigenvalue weighted by Gasteiger charge is -2.39. The molecule has 0 amide bonds. The fourth-order valence-electron chi connectivity index (χ4n) is 8.51. The number of aromatic nitrogens is 3. The van der Waals surface area contributed by atoms with Crippen molar-refractivity contribution in [2.24, 2.45) is 0 Å². The van der Waals surface area contributed by atoms with Crippen LogP contribution in [-0.2, 0) is 47.2 Å². The van der Waals surface area contributed by atoms with E-state index in [4.69, 9.17) is 14.6 Å². The summed E-state index contributed by atoms with van der Waals surface area (Å²) in [6.45, 7) is 3.15. The molecule has 2 atom stereocenters. The summed E-state index contributed by atoms with van der Waals surface area (Å²) >= 11 is 5.00. The fraction of sp³-hybridized carbons (Fsp3) is 0.341. The van der Waals surface area contributed by atoms with Crippen LogP contribution >= 0.6 is 34.9 Å². The summed E-state index contributed by atoms with van der Waals surface area (Å²) in [6, 6.07) is 29.0. The molecular formula is C44H46N4O5S3. The number of thioether (sulfide) groups is 2. The molecular weight excluding hydrogens is 761 g/mol. The largest absolute Gasteiger partial charge is 0.497 e. The van der Waals surface area contributed by atoms with Gasteiger partial charge in [-0.2, -0.15) is 5.10 Å². The third kappa shape index (κ3) is 7.17. The number of aliphatic carboxylic acids is 1. The molecule has 9 nitrogen and oxygen atoms in total. The van der Waals surface area contributed by atoms with Gasteiger partial charge in [-0.3, -0.25) is 4.68 Å². The second-order valence-electron chi connectivity index (χ2n) is 14.4. The van der Waals surface area contributed by atoms with Gasteiger partial charge >= 0.3 is 5.97 Å². The molecule has 0 saturated heterocycles. The summed E-state index contributed by atoms with van der Waals surface area (Å²) in [4.78, 5) is 22.8. The quantitative estimate of drug-likeness (QED) is 0.0726. The number of carboxylic acid groups (broad SMARTS) is 1. The second kappa shape index (κ2) is 16.5. The van der Waals surface area contributed by atoms with Crippen LogP contribution in [0.1, 0.15) is 68.8 Å². The molecule has 2 aliphatic rings. The predicted molar refractivity (Wildman–Crippen MR) is 226 cm³/mol. The minimum absolute atomic E-state index is 0.0139. The Morgan fingerprint density at radius 1 is 1.04 bits per heavy atom. The van der Waals surface area contributed by atoms with Crippen LogP contribution in [0.5, 0.6) is 11.5 Å². The lowest BCUT2D eigenvalue weighted by molar-refractivity contribution is -0.144. The number of methoxy groups -OCH3 is 1. The molecule has 56 heavy (non-hydrogen) atoms. The number of hydrogen-bond donors (Lipinski definition) is 2. The lowest BCUT2D eigenvalue weighted by atomic mass is 9.73. The number of benzene rings is 4. The van der Waals surface area contributed by atoms with E-state index >= 15 is 0 Å². The highest BCUT2D eigenvalue weighted by atomic mass is 32.2. The van der Waals surface area contributed by atoms with Gasteiger partial charge in [0, 0.05) is 64.0 Å². The Labute approximate surface area is 340 Å². The maximum absolute atomic E-state index is 14.1. The van der Waals surface area contributed by atoms with E-state index in [0.717, 1.165) is 96.1 Å². The number of thiazole rings is 1. The topological polar surface area (TPSA) is 110 Å². The van der Waals surface area contributed by atoms with Crippen LogP contribution < -0.4 is 14.4 Å². The molecule has 4 aromatic carbocycles. The Morgan fingerprint density at radius 3 is 2.62 bits per heavy atom. The van der Waals surface area contributed by atoms with Gasteiger partial charge in [0.1, 0.15) is 16.5 Å². The molecule has 12 heteroatoms. The summed E-state index contributed by atoms with van der Waals surface area (Å²) in [5, 5.41) is 29.5. The fourth-order valence-corrected chi connectivity index (χ4v) is 11.4. The highest BCUT2D eigenvalue weighted by Crippen LogP contribution is 2.56. The summed E-state index contributed by atoms with van der Waals surface area (Å²) in [5.74, 6) is 2.56. The zero-order valence-corrected chi connectivity index (χ0v) is 34.3. The van der Waals surface area contributed by atoms with E-state index < -0.39 is 11.5 Å². The summed E-state index contributed by atoms with van der Waals surface area (Å²) in [5.41, 5.74) is 5.45. The monoisotopic (exact) mass is 806 g/mol. The molecule has 2 N–H and O–H groups in total. The van der Waals surface area contributed by atoms with Crippen molar-refractivity contribution in [1.29, 1.82) is 0 Å². The van der Waals surface area contributed by atoms with Gasteiger partial charge in [0.2, 0.25) is 0 Å². The van der Waals surface area contributed by atoms with Gasteiger partial charge in [-0.1, -0.05) is 54.6 Å².